The van der Waals surface area contributed by atoms with Gasteiger partial charge in [-0.05, 0) is 56.4 Å². The average molecular weight is 550 g/mol. The third-order valence-corrected chi connectivity index (χ3v) is 6.34. The molecule has 1 saturated heterocycles. The van der Waals surface area contributed by atoms with Crippen molar-refractivity contribution in [2.75, 3.05) is 24.3 Å². The molecule has 2 fully saturated rings. The maximum absolute atomic E-state index is 12.5. The zero-order valence-electron chi connectivity index (χ0n) is 19.2. The van der Waals surface area contributed by atoms with Crippen molar-refractivity contribution in [3.8, 4) is 5.75 Å². The van der Waals surface area contributed by atoms with Crippen LogP contribution >= 0.6 is 24.8 Å². The van der Waals surface area contributed by atoms with E-state index >= 15 is 0 Å². The van der Waals surface area contributed by atoms with Gasteiger partial charge in [0.15, 0.2) is 17.0 Å². The van der Waals surface area contributed by atoms with Crippen LogP contribution in [0.2, 0.25) is 0 Å². The topological polar surface area (TPSA) is 126 Å². The van der Waals surface area contributed by atoms with Crippen LogP contribution in [0.3, 0.4) is 0 Å². The molecule has 198 valence electrons. The summed E-state index contributed by atoms with van der Waals surface area (Å²) in [7, 11) is 0. The number of benzene rings is 1. The van der Waals surface area contributed by atoms with E-state index in [1.807, 2.05) is 0 Å². The molecule has 3 aromatic rings. The monoisotopic (exact) mass is 549 g/mol. The predicted octanol–water partition coefficient (Wildman–Crippen LogP) is 4.84. The van der Waals surface area contributed by atoms with Crippen molar-refractivity contribution >= 4 is 53.4 Å². The summed E-state index contributed by atoms with van der Waals surface area (Å²) in [5, 5.41) is 3.12. The number of nitrogens with two attached hydrogens (primary N) is 2. The molecule has 1 unspecified atom stereocenters. The Morgan fingerprint density at radius 1 is 1.00 bits per heavy atom. The second-order valence-corrected chi connectivity index (χ2v) is 8.77. The normalized spacial score (nSPS) is 22.1. The second-order valence-electron chi connectivity index (χ2n) is 8.77. The van der Waals surface area contributed by atoms with E-state index in [4.69, 9.17) is 21.2 Å². The molecule has 1 aliphatic heterocycles. The van der Waals surface area contributed by atoms with Gasteiger partial charge in [-0.15, -0.1) is 38.0 Å². The minimum atomic E-state index is -4.75. The van der Waals surface area contributed by atoms with Crippen LogP contribution in [0, 0.1) is 0 Å². The number of imidazole rings is 1. The second kappa shape index (κ2) is 11.2. The summed E-state index contributed by atoms with van der Waals surface area (Å²) in [6.45, 7) is 1.23. The molecule has 1 aliphatic carbocycles. The number of alkyl halides is 3. The Balaban J connectivity index is 0.00000180. The highest BCUT2D eigenvalue weighted by molar-refractivity contribution is 5.87. The van der Waals surface area contributed by atoms with Gasteiger partial charge in [0.05, 0.1) is 12.6 Å². The van der Waals surface area contributed by atoms with Gasteiger partial charge >= 0.3 is 6.36 Å². The molecular formula is C22H28Cl2F3N7O2. The largest absolute Gasteiger partial charge is 0.573 e. The molecule has 1 aromatic carbocycles. The smallest absolute Gasteiger partial charge is 0.406 e. The van der Waals surface area contributed by atoms with Gasteiger partial charge in [-0.1, -0.05) is 0 Å². The lowest BCUT2D eigenvalue weighted by Gasteiger charge is -2.27. The van der Waals surface area contributed by atoms with Crippen LogP contribution in [-0.2, 0) is 4.74 Å². The van der Waals surface area contributed by atoms with Gasteiger partial charge in [-0.3, -0.25) is 0 Å². The van der Waals surface area contributed by atoms with Crippen molar-refractivity contribution in [2.24, 2.45) is 5.73 Å². The molecule has 9 nitrogen and oxygen atoms in total. The first-order chi connectivity index (χ1) is 16.3. The molecule has 5 rings (SSSR count). The van der Waals surface area contributed by atoms with E-state index < -0.39 is 6.36 Å². The number of nitrogens with one attached hydrogen (secondary N) is 1. The van der Waals surface area contributed by atoms with E-state index in [9.17, 15) is 13.2 Å². The molecule has 0 spiro atoms. The number of hydrogen-bond acceptors (Lipinski definition) is 8. The quantitative estimate of drug-likeness (QED) is 0.412. The van der Waals surface area contributed by atoms with Crippen LogP contribution in [0.15, 0.2) is 24.3 Å². The zero-order chi connectivity index (χ0) is 23.9. The number of ether oxygens (including phenoxy) is 2. The van der Waals surface area contributed by atoms with Gasteiger partial charge in [0.1, 0.15) is 11.6 Å². The fourth-order valence-corrected chi connectivity index (χ4v) is 4.72. The summed E-state index contributed by atoms with van der Waals surface area (Å²) in [4.78, 5) is 13.8. The minimum Gasteiger partial charge on any atom is -0.406 e. The van der Waals surface area contributed by atoms with Crippen molar-refractivity contribution in [3.05, 3.63) is 30.1 Å². The molecule has 5 N–H and O–H groups in total. The van der Waals surface area contributed by atoms with Crippen LogP contribution < -0.4 is 21.5 Å². The van der Waals surface area contributed by atoms with Gasteiger partial charge in [0.25, 0.3) is 0 Å². The summed E-state index contributed by atoms with van der Waals surface area (Å²) in [5.41, 5.74) is 13.9. The van der Waals surface area contributed by atoms with Crippen molar-refractivity contribution in [2.45, 2.75) is 56.5 Å². The van der Waals surface area contributed by atoms with E-state index in [1.54, 1.807) is 0 Å². The molecule has 0 amide bonds. The number of aromatic nitrogens is 4. The van der Waals surface area contributed by atoms with Gasteiger partial charge in [0.2, 0.25) is 5.95 Å². The Labute approximate surface area is 218 Å². The Bertz CT molecular complexity index is 1160. The summed E-state index contributed by atoms with van der Waals surface area (Å²) in [5.74, 6) is 1.31. The van der Waals surface area contributed by atoms with Crippen molar-refractivity contribution < 1.29 is 22.6 Å². The highest BCUT2D eigenvalue weighted by atomic mass is 35.5. The fraction of sp³-hybridized carbons (Fsp3) is 0.500. The maximum atomic E-state index is 12.5. The zero-order valence-corrected chi connectivity index (χ0v) is 20.8. The van der Waals surface area contributed by atoms with Crippen molar-refractivity contribution in [1.29, 1.82) is 0 Å². The summed E-state index contributed by atoms with van der Waals surface area (Å²) < 4.78 is 49.1. The average Bonchev–Trinajstić information content (AvgIpc) is 3.42. The molecule has 1 saturated carbocycles. The number of anilines is 3. The van der Waals surface area contributed by atoms with E-state index in [1.165, 1.54) is 24.3 Å². The number of nitrogens with zero attached hydrogens (tertiary/aromatic N) is 4. The molecule has 3 heterocycles. The highest BCUT2D eigenvalue weighted by Gasteiger charge is 2.32. The highest BCUT2D eigenvalue weighted by Crippen LogP contribution is 2.38. The first-order valence-electron chi connectivity index (χ1n) is 11.3. The lowest BCUT2D eigenvalue weighted by atomic mass is 9.86. The van der Waals surface area contributed by atoms with Gasteiger partial charge < -0.3 is 30.8 Å². The Hall–Kier alpha value is -2.54. The predicted molar refractivity (Wildman–Crippen MR) is 134 cm³/mol. The van der Waals surface area contributed by atoms with Crippen LogP contribution in [0.5, 0.6) is 5.75 Å². The summed E-state index contributed by atoms with van der Waals surface area (Å²) >= 11 is 0. The lowest BCUT2D eigenvalue weighted by molar-refractivity contribution is -0.274. The first-order valence-corrected chi connectivity index (χ1v) is 11.3. The van der Waals surface area contributed by atoms with E-state index in [0.717, 1.165) is 37.9 Å². The molecule has 36 heavy (non-hydrogen) atoms. The molecule has 2 aromatic heterocycles. The van der Waals surface area contributed by atoms with Crippen LogP contribution in [0.4, 0.5) is 30.6 Å². The molecule has 2 aliphatic rings. The van der Waals surface area contributed by atoms with Gasteiger partial charge in [-0.2, -0.15) is 9.97 Å². The number of fused-ring (bicyclic) bond motifs is 1. The number of rotatable bonds is 5. The van der Waals surface area contributed by atoms with Crippen molar-refractivity contribution in [1.82, 2.24) is 19.5 Å². The van der Waals surface area contributed by atoms with E-state index in [2.05, 4.69) is 24.6 Å². The van der Waals surface area contributed by atoms with Crippen LogP contribution in [-0.4, -0.2) is 45.1 Å². The molecule has 14 heteroatoms. The minimum absolute atomic E-state index is 0. The van der Waals surface area contributed by atoms with E-state index in [-0.39, 0.29) is 54.5 Å². The Morgan fingerprint density at radius 2 is 1.69 bits per heavy atom. The van der Waals surface area contributed by atoms with Crippen molar-refractivity contribution in [3.63, 3.8) is 0 Å². The van der Waals surface area contributed by atoms with Gasteiger partial charge in [0, 0.05) is 24.3 Å². The fourth-order valence-electron chi connectivity index (χ4n) is 4.72. The SMILES string of the molecule is Cl.Cl.Nc1nc(Nc2ccc(OC(F)(F)F)cc2)c2nc([C@H]3CC[C@H](N)CC3)n(C3CCOC3)c2n1. The third-order valence-electron chi connectivity index (χ3n) is 6.34. The molecule has 0 bridgehead atoms. The van der Waals surface area contributed by atoms with Crippen LogP contribution in [0.1, 0.15) is 49.9 Å². The van der Waals surface area contributed by atoms with Crippen LogP contribution in [0.25, 0.3) is 11.2 Å². The first kappa shape index (κ1) is 28.0. The standard InChI is InChI=1S/C22H26F3N7O2.2ClH/c23-22(24,25)34-16-7-5-14(6-8-16)28-18-17-20(31-21(27)30-18)32(15-9-10-33-11-15)19(29-17)12-1-3-13(26)4-2-12;;/h5-8,12-13,15H,1-4,9-11,26H2,(H3,27,28,30,31);2*1H/t12-,13-,15?;;. The number of hydrogen-bond donors (Lipinski definition) is 3. The Morgan fingerprint density at radius 3 is 2.31 bits per heavy atom. The lowest BCUT2D eigenvalue weighted by Crippen LogP contribution is -2.27. The third kappa shape index (κ3) is 6.05. The van der Waals surface area contributed by atoms with Gasteiger partial charge in [-0.25, -0.2) is 4.98 Å². The Kier molecular flexibility index (Phi) is 8.75. The molecule has 0 radical (unpaired) electrons. The molecule has 1 atom stereocenters. The number of nitrogen functional groups attached to an aromatic ring is 1. The van der Waals surface area contributed by atoms with E-state index in [0.29, 0.717) is 35.9 Å². The number of halogens is 5. The summed E-state index contributed by atoms with van der Waals surface area (Å²) in [6, 6.07) is 5.69. The maximum Gasteiger partial charge on any atom is 0.573 e. The summed E-state index contributed by atoms with van der Waals surface area (Å²) in [6.07, 6.45) is -0.175. The molecular weight excluding hydrogens is 522 g/mol.